The van der Waals surface area contributed by atoms with Crippen LogP contribution in [-0.4, -0.2) is 25.1 Å². The van der Waals surface area contributed by atoms with Gasteiger partial charge in [0.2, 0.25) is 0 Å². The Morgan fingerprint density at radius 1 is 1.17 bits per heavy atom. The first-order valence-electron chi connectivity index (χ1n) is 7.37. The van der Waals surface area contributed by atoms with Crippen LogP contribution >= 0.6 is 0 Å². The lowest BCUT2D eigenvalue weighted by Crippen LogP contribution is -2.30. The van der Waals surface area contributed by atoms with Crippen LogP contribution in [0.2, 0.25) is 0 Å². The zero-order valence-corrected chi connectivity index (χ0v) is 13.4. The molecule has 1 atom stereocenters. The zero-order chi connectivity index (χ0) is 17.5. The predicted octanol–water partition coefficient (Wildman–Crippen LogP) is 2.95. The summed E-state index contributed by atoms with van der Waals surface area (Å²) >= 11 is 0. The largest absolute Gasteiger partial charge is 0.497 e. The van der Waals surface area contributed by atoms with Crippen LogP contribution in [0.4, 0.5) is 10.1 Å². The van der Waals surface area contributed by atoms with Crippen LogP contribution in [0.3, 0.4) is 0 Å². The molecule has 0 aromatic heterocycles. The molecular formula is C18H18FNO4. The molecule has 2 aromatic carbocycles. The van der Waals surface area contributed by atoms with Crippen LogP contribution < -0.4 is 10.1 Å². The minimum absolute atomic E-state index is 0.0331. The third-order valence-electron chi connectivity index (χ3n) is 3.27. The number of anilines is 1. The monoisotopic (exact) mass is 331 g/mol. The second-order valence-corrected chi connectivity index (χ2v) is 5.16. The van der Waals surface area contributed by atoms with Gasteiger partial charge in [0.15, 0.2) is 6.10 Å². The third-order valence-corrected chi connectivity index (χ3v) is 3.27. The summed E-state index contributed by atoms with van der Waals surface area (Å²) in [6, 6.07) is 12.4. The minimum atomic E-state index is -0.965. The highest BCUT2D eigenvalue weighted by Gasteiger charge is 2.18. The summed E-state index contributed by atoms with van der Waals surface area (Å²) in [4.78, 5) is 23.9. The van der Waals surface area contributed by atoms with E-state index in [9.17, 15) is 14.0 Å². The van der Waals surface area contributed by atoms with E-state index in [1.807, 2.05) is 0 Å². The highest BCUT2D eigenvalue weighted by atomic mass is 19.1. The Bertz CT molecular complexity index is 715. The standard InChI is InChI=1S/C18H18FNO4/c1-12(18(22)20-15-8-6-14(19)7-9-15)24-17(21)11-13-4-3-5-16(10-13)23-2/h3-10,12H,11H2,1-2H3,(H,20,22)/t12-/m1/s1. The van der Waals surface area contributed by atoms with Crippen LogP contribution in [0.25, 0.3) is 0 Å². The number of halogens is 1. The van der Waals surface area contributed by atoms with Crippen molar-refractivity contribution in [3.63, 3.8) is 0 Å². The van der Waals surface area contributed by atoms with Gasteiger partial charge in [-0.05, 0) is 48.9 Å². The van der Waals surface area contributed by atoms with Crippen molar-refractivity contribution in [2.24, 2.45) is 0 Å². The predicted molar refractivity (Wildman–Crippen MR) is 87.3 cm³/mol. The number of esters is 1. The molecule has 0 aliphatic rings. The van der Waals surface area contributed by atoms with Gasteiger partial charge in [0.1, 0.15) is 11.6 Å². The van der Waals surface area contributed by atoms with E-state index in [4.69, 9.17) is 9.47 Å². The van der Waals surface area contributed by atoms with Crippen molar-refractivity contribution in [2.45, 2.75) is 19.4 Å². The molecule has 0 spiro atoms. The second-order valence-electron chi connectivity index (χ2n) is 5.16. The molecule has 0 unspecified atom stereocenters. The molecule has 0 bridgehead atoms. The number of ether oxygens (including phenoxy) is 2. The fourth-order valence-corrected chi connectivity index (χ4v) is 2.02. The van der Waals surface area contributed by atoms with Gasteiger partial charge in [-0.1, -0.05) is 12.1 Å². The van der Waals surface area contributed by atoms with E-state index >= 15 is 0 Å². The summed E-state index contributed by atoms with van der Waals surface area (Å²) in [7, 11) is 1.54. The maximum atomic E-state index is 12.8. The van der Waals surface area contributed by atoms with Gasteiger partial charge in [-0.3, -0.25) is 9.59 Å². The first-order valence-corrected chi connectivity index (χ1v) is 7.37. The Morgan fingerprint density at radius 3 is 2.54 bits per heavy atom. The average Bonchev–Trinajstić information content (AvgIpc) is 2.56. The van der Waals surface area contributed by atoms with Gasteiger partial charge in [0.25, 0.3) is 5.91 Å². The number of carbonyl (C=O) groups excluding carboxylic acids is 2. The van der Waals surface area contributed by atoms with E-state index in [0.29, 0.717) is 11.4 Å². The van der Waals surface area contributed by atoms with E-state index in [-0.39, 0.29) is 6.42 Å². The lowest BCUT2D eigenvalue weighted by Gasteiger charge is -2.13. The van der Waals surface area contributed by atoms with Crippen molar-refractivity contribution in [2.75, 3.05) is 12.4 Å². The first-order chi connectivity index (χ1) is 11.5. The molecule has 0 aliphatic heterocycles. The fraction of sp³-hybridized carbons (Fsp3) is 0.222. The fourth-order valence-electron chi connectivity index (χ4n) is 2.02. The van der Waals surface area contributed by atoms with Crippen molar-refractivity contribution in [1.29, 1.82) is 0 Å². The quantitative estimate of drug-likeness (QED) is 0.827. The number of hydrogen-bond donors (Lipinski definition) is 1. The summed E-state index contributed by atoms with van der Waals surface area (Å²) in [5.41, 5.74) is 1.16. The van der Waals surface area contributed by atoms with Gasteiger partial charge >= 0.3 is 5.97 Å². The minimum Gasteiger partial charge on any atom is -0.497 e. The molecule has 24 heavy (non-hydrogen) atoms. The normalized spacial score (nSPS) is 11.5. The Labute approximate surface area is 139 Å². The third kappa shape index (κ3) is 5.08. The number of benzene rings is 2. The molecule has 1 amide bonds. The molecular weight excluding hydrogens is 313 g/mol. The van der Waals surface area contributed by atoms with E-state index in [1.165, 1.54) is 31.2 Å². The van der Waals surface area contributed by atoms with Gasteiger partial charge < -0.3 is 14.8 Å². The first kappa shape index (κ1) is 17.5. The molecule has 126 valence electrons. The molecule has 0 saturated heterocycles. The van der Waals surface area contributed by atoms with Crippen LogP contribution in [-0.2, 0) is 20.7 Å². The topological polar surface area (TPSA) is 64.6 Å². The van der Waals surface area contributed by atoms with Gasteiger partial charge in [-0.25, -0.2) is 4.39 Å². The van der Waals surface area contributed by atoms with Crippen molar-refractivity contribution in [3.8, 4) is 5.75 Å². The Morgan fingerprint density at radius 2 is 1.88 bits per heavy atom. The number of rotatable bonds is 6. The summed E-state index contributed by atoms with van der Waals surface area (Å²) in [6.07, 6.45) is -0.932. The Kier molecular flexibility index (Phi) is 5.89. The molecule has 0 radical (unpaired) electrons. The van der Waals surface area contributed by atoms with Crippen LogP contribution in [0, 0.1) is 5.82 Å². The molecule has 0 aliphatic carbocycles. The van der Waals surface area contributed by atoms with Crippen molar-refractivity contribution < 1.29 is 23.5 Å². The smallest absolute Gasteiger partial charge is 0.311 e. The number of amides is 1. The summed E-state index contributed by atoms with van der Waals surface area (Å²) in [5, 5.41) is 2.55. The van der Waals surface area contributed by atoms with Crippen LogP contribution in [0.15, 0.2) is 48.5 Å². The number of hydrogen-bond acceptors (Lipinski definition) is 4. The number of methoxy groups -OCH3 is 1. The van der Waals surface area contributed by atoms with Gasteiger partial charge in [0, 0.05) is 5.69 Å². The van der Waals surface area contributed by atoms with E-state index < -0.39 is 23.8 Å². The highest BCUT2D eigenvalue weighted by molar-refractivity contribution is 5.95. The van der Waals surface area contributed by atoms with Crippen LogP contribution in [0.1, 0.15) is 12.5 Å². The average molecular weight is 331 g/mol. The lowest BCUT2D eigenvalue weighted by molar-refractivity contribution is -0.152. The van der Waals surface area contributed by atoms with Gasteiger partial charge in [-0.2, -0.15) is 0 Å². The molecule has 5 nitrogen and oxygen atoms in total. The Hall–Kier alpha value is -2.89. The van der Waals surface area contributed by atoms with Gasteiger partial charge in [0.05, 0.1) is 13.5 Å². The molecule has 0 heterocycles. The van der Waals surface area contributed by atoms with E-state index in [2.05, 4.69) is 5.32 Å². The van der Waals surface area contributed by atoms with Crippen molar-refractivity contribution in [1.82, 2.24) is 0 Å². The molecule has 1 N–H and O–H groups in total. The molecule has 2 rings (SSSR count). The van der Waals surface area contributed by atoms with E-state index in [0.717, 1.165) is 5.56 Å². The summed E-state index contributed by atoms with van der Waals surface area (Å²) < 4.78 is 23.0. The summed E-state index contributed by atoms with van der Waals surface area (Å²) in [5.74, 6) is -0.765. The van der Waals surface area contributed by atoms with Crippen LogP contribution in [0.5, 0.6) is 5.75 Å². The highest BCUT2D eigenvalue weighted by Crippen LogP contribution is 2.14. The maximum Gasteiger partial charge on any atom is 0.311 e. The number of nitrogens with one attached hydrogen (secondary N) is 1. The molecule has 2 aromatic rings. The second kappa shape index (κ2) is 8.10. The molecule has 0 saturated carbocycles. The Balaban J connectivity index is 1.88. The van der Waals surface area contributed by atoms with Gasteiger partial charge in [-0.15, -0.1) is 0 Å². The van der Waals surface area contributed by atoms with E-state index in [1.54, 1.807) is 31.4 Å². The van der Waals surface area contributed by atoms with Crippen molar-refractivity contribution >= 4 is 17.6 Å². The van der Waals surface area contributed by atoms with Crippen molar-refractivity contribution in [3.05, 3.63) is 59.9 Å². The molecule has 0 fully saturated rings. The SMILES string of the molecule is COc1cccc(CC(=O)O[C@H](C)C(=O)Nc2ccc(F)cc2)c1. The lowest BCUT2D eigenvalue weighted by atomic mass is 10.1. The zero-order valence-electron chi connectivity index (χ0n) is 13.4. The summed E-state index contributed by atoms with van der Waals surface area (Å²) in [6.45, 7) is 1.47. The molecule has 6 heteroatoms. The number of carbonyl (C=O) groups is 2. The maximum absolute atomic E-state index is 12.8.